The predicted octanol–water partition coefficient (Wildman–Crippen LogP) is 6.97. The summed E-state index contributed by atoms with van der Waals surface area (Å²) in [4.78, 5) is 28.4. The Hall–Kier alpha value is -3.30. The summed E-state index contributed by atoms with van der Waals surface area (Å²) in [5.41, 5.74) is 7.61. The maximum Gasteiger partial charge on any atom is 0.416 e. The van der Waals surface area contributed by atoms with E-state index in [0.717, 1.165) is 30.9 Å². The number of hydrogen-bond acceptors (Lipinski definition) is 7. The molecular weight excluding hydrogens is 751 g/mol. The number of amides is 2. The average Bonchev–Trinajstić information content (AvgIpc) is 3.95. The van der Waals surface area contributed by atoms with Gasteiger partial charge in [-0.05, 0) is 120 Å². The van der Waals surface area contributed by atoms with E-state index in [0.29, 0.717) is 24.0 Å². The van der Waals surface area contributed by atoms with E-state index in [1.54, 1.807) is 0 Å². The molecule has 0 aliphatic heterocycles. The number of aliphatic hydroxyl groups is 1. The molecule has 3 aromatic carbocycles. The minimum absolute atomic E-state index is 0.0607. The molecular formula is C37H45BrF3N3O6S. The Kier molecular flexibility index (Phi) is 14.2. The molecule has 14 heteroatoms. The Balaban J connectivity index is 1.60. The molecule has 278 valence electrons. The smallest absolute Gasteiger partial charge is 0.416 e. The second kappa shape index (κ2) is 18.0. The van der Waals surface area contributed by atoms with E-state index in [2.05, 4.69) is 15.9 Å². The summed E-state index contributed by atoms with van der Waals surface area (Å²) in [7, 11) is -3.07. The van der Waals surface area contributed by atoms with Gasteiger partial charge in [0, 0.05) is 24.5 Å². The van der Waals surface area contributed by atoms with Crippen LogP contribution in [0.4, 0.5) is 18.0 Å². The molecule has 3 aromatic rings. The van der Waals surface area contributed by atoms with Gasteiger partial charge in [-0.15, -0.1) is 0 Å². The average molecular weight is 797 g/mol. The van der Waals surface area contributed by atoms with Crippen molar-refractivity contribution in [3.63, 3.8) is 0 Å². The number of carbonyl (C=O) groups excluding carboxylic acids is 2. The molecule has 0 heterocycles. The van der Waals surface area contributed by atoms with Gasteiger partial charge in [-0.25, -0.2) is 31.3 Å². The predicted molar refractivity (Wildman–Crippen MR) is 191 cm³/mol. The molecule has 0 saturated heterocycles. The minimum Gasteiger partial charge on any atom is -0.452 e. The molecule has 0 bridgehead atoms. The van der Waals surface area contributed by atoms with Gasteiger partial charge in [0.25, 0.3) is 0 Å². The highest BCUT2D eigenvalue weighted by Crippen LogP contribution is 2.39. The van der Waals surface area contributed by atoms with Crippen LogP contribution in [-0.2, 0) is 19.6 Å². The number of hydrogen-bond donors (Lipinski definition) is 2. The standard InChI is InChI=1S/C37H45BrF3N3O6S/c1-23(2)19-20-43(51(48,49)30-17-18-31(38)32(41)21-30)29(22-45)5-4-6-33(24-7-8-24)44(37(47)50-3)36(46)35(42)34(25-9-13-27(39)14-10-25)26-11-15-28(40)16-12-26/h9-18,21,23-24,29,33-35,45H,4-8,19-20,22,42H2,1-3H3/t29-,33+,35-/m0/s1. The fourth-order valence-corrected chi connectivity index (χ4v) is 8.26. The zero-order valence-corrected chi connectivity index (χ0v) is 31.3. The first kappa shape index (κ1) is 40.5. The third-order valence-corrected chi connectivity index (χ3v) is 11.9. The molecule has 1 aliphatic rings. The van der Waals surface area contributed by atoms with Gasteiger partial charge in [-0.2, -0.15) is 4.31 Å². The zero-order valence-electron chi connectivity index (χ0n) is 28.9. The zero-order chi connectivity index (χ0) is 37.5. The van der Waals surface area contributed by atoms with Crippen molar-refractivity contribution in [3.8, 4) is 0 Å². The lowest BCUT2D eigenvalue weighted by Crippen LogP contribution is -2.54. The van der Waals surface area contributed by atoms with Gasteiger partial charge in [-0.1, -0.05) is 38.1 Å². The van der Waals surface area contributed by atoms with Crippen molar-refractivity contribution in [2.45, 2.75) is 81.3 Å². The van der Waals surface area contributed by atoms with Crippen LogP contribution in [0.3, 0.4) is 0 Å². The first-order valence-corrected chi connectivity index (χ1v) is 19.2. The summed E-state index contributed by atoms with van der Waals surface area (Å²) in [5, 5.41) is 10.5. The summed E-state index contributed by atoms with van der Waals surface area (Å²) >= 11 is 3.05. The summed E-state index contributed by atoms with van der Waals surface area (Å²) in [6.45, 7) is 3.47. The van der Waals surface area contributed by atoms with Crippen molar-refractivity contribution in [3.05, 3.63) is 99.8 Å². The number of carbonyl (C=O) groups is 2. The molecule has 3 atom stereocenters. The summed E-state index contributed by atoms with van der Waals surface area (Å²) in [6.07, 6.45) is 1.79. The van der Waals surface area contributed by atoms with E-state index < -0.39 is 70.1 Å². The van der Waals surface area contributed by atoms with Crippen molar-refractivity contribution in [2.75, 3.05) is 20.3 Å². The second-order valence-corrected chi connectivity index (χ2v) is 16.1. The number of rotatable bonds is 17. The Morgan fingerprint density at radius 2 is 1.51 bits per heavy atom. The summed E-state index contributed by atoms with van der Waals surface area (Å²) < 4.78 is 76.2. The van der Waals surface area contributed by atoms with Gasteiger partial charge >= 0.3 is 6.09 Å². The van der Waals surface area contributed by atoms with E-state index in [1.165, 1.54) is 65.0 Å². The number of ether oxygens (including phenoxy) is 1. The van der Waals surface area contributed by atoms with Crippen LogP contribution in [0.5, 0.6) is 0 Å². The normalized spacial score (nSPS) is 15.2. The van der Waals surface area contributed by atoms with Crippen LogP contribution in [0.25, 0.3) is 0 Å². The molecule has 0 radical (unpaired) electrons. The number of nitrogens with zero attached hydrogens (tertiary/aromatic N) is 2. The summed E-state index contributed by atoms with van der Waals surface area (Å²) in [6, 6.07) is 11.5. The Morgan fingerprint density at radius 3 is 1.98 bits per heavy atom. The lowest BCUT2D eigenvalue weighted by Gasteiger charge is -2.34. The molecule has 51 heavy (non-hydrogen) atoms. The maximum atomic E-state index is 14.4. The Bertz CT molecular complexity index is 1700. The molecule has 2 amide bonds. The van der Waals surface area contributed by atoms with Crippen LogP contribution in [0.1, 0.15) is 69.4 Å². The fraction of sp³-hybridized carbons (Fsp3) is 0.459. The number of halogens is 4. The summed E-state index contributed by atoms with van der Waals surface area (Å²) in [5.74, 6) is -3.26. The van der Waals surface area contributed by atoms with E-state index in [-0.39, 0.29) is 40.6 Å². The van der Waals surface area contributed by atoms with Crippen LogP contribution >= 0.6 is 15.9 Å². The third kappa shape index (κ3) is 10.2. The number of imide groups is 1. The van der Waals surface area contributed by atoms with Crippen LogP contribution in [0.2, 0.25) is 0 Å². The lowest BCUT2D eigenvalue weighted by molar-refractivity contribution is -0.133. The van der Waals surface area contributed by atoms with Gasteiger partial charge in [0.2, 0.25) is 15.9 Å². The van der Waals surface area contributed by atoms with E-state index in [9.17, 15) is 36.3 Å². The number of methoxy groups -OCH3 is 1. The van der Waals surface area contributed by atoms with E-state index >= 15 is 0 Å². The van der Waals surface area contributed by atoms with Crippen molar-refractivity contribution in [1.82, 2.24) is 9.21 Å². The van der Waals surface area contributed by atoms with Gasteiger partial charge in [0.15, 0.2) is 0 Å². The van der Waals surface area contributed by atoms with Gasteiger partial charge in [0.1, 0.15) is 17.5 Å². The molecule has 4 rings (SSSR count). The minimum atomic E-state index is -4.22. The Labute approximate surface area is 306 Å². The molecule has 3 N–H and O–H groups in total. The number of sulfonamides is 1. The van der Waals surface area contributed by atoms with Crippen molar-refractivity contribution in [2.24, 2.45) is 17.6 Å². The molecule has 1 saturated carbocycles. The topological polar surface area (TPSA) is 130 Å². The fourth-order valence-electron chi connectivity index (χ4n) is 6.34. The number of aliphatic hydroxyl groups excluding tert-OH is 1. The first-order valence-electron chi connectivity index (χ1n) is 16.9. The second-order valence-electron chi connectivity index (χ2n) is 13.3. The highest BCUT2D eigenvalue weighted by molar-refractivity contribution is 9.10. The van der Waals surface area contributed by atoms with Crippen molar-refractivity contribution >= 4 is 38.0 Å². The van der Waals surface area contributed by atoms with Crippen molar-refractivity contribution < 1.29 is 41.0 Å². The highest BCUT2D eigenvalue weighted by atomic mass is 79.9. The third-order valence-electron chi connectivity index (χ3n) is 9.29. The van der Waals surface area contributed by atoms with Crippen LogP contribution in [-0.4, -0.2) is 73.1 Å². The molecule has 1 fully saturated rings. The largest absolute Gasteiger partial charge is 0.452 e. The maximum absolute atomic E-state index is 14.4. The van der Waals surface area contributed by atoms with Gasteiger partial charge in [0.05, 0.1) is 29.1 Å². The molecule has 9 nitrogen and oxygen atoms in total. The molecule has 0 aromatic heterocycles. The quantitative estimate of drug-likeness (QED) is 0.151. The first-order chi connectivity index (χ1) is 24.2. The van der Waals surface area contributed by atoms with Gasteiger partial charge in [-0.3, -0.25) is 4.79 Å². The van der Waals surface area contributed by atoms with E-state index in [1.807, 2.05) is 13.8 Å². The highest BCUT2D eigenvalue weighted by Gasteiger charge is 2.44. The molecule has 1 aliphatic carbocycles. The number of benzene rings is 3. The van der Waals surface area contributed by atoms with Crippen LogP contribution in [0, 0.1) is 29.3 Å². The van der Waals surface area contributed by atoms with Crippen molar-refractivity contribution in [1.29, 1.82) is 0 Å². The molecule has 0 unspecified atom stereocenters. The monoisotopic (exact) mass is 795 g/mol. The Morgan fingerprint density at radius 1 is 0.941 bits per heavy atom. The van der Waals surface area contributed by atoms with Crippen LogP contribution < -0.4 is 5.73 Å². The molecule has 0 spiro atoms. The SMILES string of the molecule is COC(=O)N(C(=O)[C@@H](N)C(c1ccc(F)cc1)c1ccc(F)cc1)[C@H](CCC[C@@H](CO)N(CCC(C)C)S(=O)(=O)c1ccc(Br)c(F)c1)C1CC1. The number of nitrogens with two attached hydrogens (primary N) is 1. The van der Waals surface area contributed by atoms with E-state index in [4.69, 9.17) is 10.5 Å². The van der Waals surface area contributed by atoms with Crippen LogP contribution in [0.15, 0.2) is 76.1 Å². The van der Waals surface area contributed by atoms with Gasteiger partial charge < -0.3 is 15.6 Å². The lowest BCUT2D eigenvalue weighted by atomic mass is 9.84.